The molecule has 1 N–H and O–H groups in total. The Balaban J connectivity index is 2.36. The quantitative estimate of drug-likeness (QED) is 0.707. The Morgan fingerprint density at radius 2 is 2.23 bits per heavy atom. The van der Waals surface area contributed by atoms with E-state index in [1.807, 2.05) is 13.0 Å². The van der Waals surface area contributed by atoms with Crippen LogP contribution in [0.4, 0.5) is 13.2 Å². The Bertz CT molecular complexity index is 228. The monoisotopic (exact) mass is 191 g/mol. The van der Waals surface area contributed by atoms with Crippen LogP contribution in [0.2, 0.25) is 0 Å². The largest absolute Gasteiger partial charge is 0.405 e. The molecule has 4 heteroatoms. The Morgan fingerprint density at radius 1 is 1.54 bits per heavy atom. The minimum absolute atomic E-state index is 0.427. The Morgan fingerprint density at radius 3 is 2.69 bits per heavy atom. The molecule has 0 aromatic carbocycles. The third kappa shape index (κ3) is 4.01. The summed E-state index contributed by atoms with van der Waals surface area (Å²) >= 11 is 0. The SMILES string of the molecule is CC1C=CC(NCC(F)(F)F)=CC1. The van der Waals surface area contributed by atoms with Crippen LogP contribution in [0.25, 0.3) is 0 Å². The molecular formula is C9H12F3N. The van der Waals surface area contributed by atoms with E-state index < -0.39 is 12.7 Å². The van der Waals surface area contributed by atoms with Crippen molar-refractivity contribution in [2.75, 3.05) is 6.54 Å². The predicted molar refractivity (Wildman–Crippen MR) is 45.1 cm³/mol. The lowest BCUT2D eigenvalue weighted by Crippen LogP contribution is -2.28. The fourth-order valence-electron chi connectivity index (χ4n) is 1.06. The average Bonchev–Trinajstić information content (AvgIpc) is 2.02. The highest BCUT2D eigenvalue weighted by atomic mass is 19.4. The third-order valence-electron chi connectivity index (χ3n) is 1.81. The molecule has 0 heterocycles. The van der Waals surface area contributed by atoms with Gasteiger partial charge in [0.1, 0.15) is 6.54 Å². The van der Waals surface area contributed by atoms with E-state index in [2.05, 4.69) is 5.32 Å². The highest BCUT2D eigenvalue weighted by Crippen LogP contribution is 2.16. The highest BCUT2D eigenvalue weighted by molar-refractivity contribution is 5.21. The van der Waals surface area contributed by atoms with E-state index in [1.54, 1.807) is 12.2 Å². The Hall–Kier alpha value is -0.930. The van der Waals surface area contributed by atoms with Crippen molar-refractivity contribution in [1.82, 2.24) is 5.32 Å². The van der Waals surface area contributed by atoms with Gasteiger partial charge in [-0.05, 0) is 18.4 Å². The molecule has 1 rings (SSSR count). The standard InChI is InChI=1S/C9H12F3N/c1-7-2-4-8(5-3-7)13-6-9(10,11)12/h2,4-5,7,13H,3,6H2,1H3. The number of halogens is 3. The van der Waals surface area contributed by atoms with Crippen molar-refractivity contribution in [3.63, 3.8) is 0 Å². The van der Waals surface area contributed by atoms with Crippen molar-refractivity contribution in [3.8, 4) is 0 Å². The zero-order valence-electron chi connectivity index (χ0n) is 7.36. The zero-order valence-corrected chi connectivity index (χ0v) is 7.36. The highest BCUT2D eigenvalue weighted by Gasteiger charge is 2.26. The van der Waals surface area contributed by atoms with Crippen molar-refractivity contribution in [2.24, 2.45) is 5.92 Å². The Kier molecular flexibility index (Phi) is 3.01. The maximum atomic E-state index is 11.8. The minimum atomic E-state index is -4.14. The Labute approximate surface area is 75.3 Å². The minimum Gasteiger partial charge on any atom is -0.377 e. The molecule has 1 atom stereocenters. The van der Waals surface area contributed by atoms with Crippen molar-refractivity contribution < 1.29 is 13.2 Å². The van der Waals surface area contributed by atoms with E-state index in [0.717, 1.165) is 6.42 Å². The van der Waals surface area contributed by atoms with Crippen molar-refractivity contribution in [3.05, 3.63) is 23.9 Å². The number of rotatable bonds is 2. The number of alkyl halides is 3. The first-order valence-electron chi connectivity index (χ1n) is 4.16. The van der Waals surface area contributed by atoms with Gasteiger partial charge in [-0.3, -0.25) is 0 Å². The lowest BCUT2D eigenvalue weighted by Gasteiger charge is -2.14. The normalized spacial score (nSPS) is 22.8. The van der Waals surface area contributed by atoms with E-state index in [-0.39, 0.29) is 0 Å². The summed E-state index contributed by atoms with van der Waals surface area (Å²) < 4.78 is 35.3. The molecule has 0 bridgehead atoms. The molecule has 0 radical (unpaired) electrons. The molecular weight excluding hydrogens is 179 g/mol. The van der Waals surface area contributed by atoms with Crippen molar-refractivity contribution in [2.45, 2.75) is 19.5 Å². The second-order valence-electron chi connectivity index (χ2n) is 3.20. The molecule has 0 saturated heterocycles. The van der Waals surface area contributed by atoms with Crippen molar-refractivity contribution >= 4 is 0 Å². The van der Waals surface area contributed by atoms with E-state index in [4.69, 9.17) is 0 Å². The number of nitrogens with one attached hydrogen (secondary N) is 1. The number of allylic oxidation sites excluding steroid dienone is 3. The van der Waals surface area contributed by atoms with Crippen molar-refractivity contribution in [1.29, 1.82) is 0 Å². The molecule has 0 aromatic heterocycles. The summed E-state index contributed by atoms with van der Waals surface area (Å²) in [6, 6.07) is 0. The maximum Gasteiger partial charge on any atom is 0.405 e. The van der Waals surface area contributed by atoms with Crippen LogP contribution in [-0.2, 0) is 0 Å². The van der Waals surface area contributed by atoms with Gasteiger partial charge in [-0.15, -0.1) is 0 Å². The van der Waals surface area contributed by atoms with Crippen LogP contribution in [0.1, 0.15) is 13.3 Å². The lowest BCUT2D eigenvalue weighted by molar-refractivity contribution is -0.123. The van der Waals surface area contributed by atoms with Gasteiger partial charge in [0.25, 0.3) is 0 Å². The topological polar surface area (TPSA) is 12.0 Å². The second kappa shape index (κ2) is 3.85. The first-order valence-corrected chi connectivity index (χ1v) is 4.16. The molecule has 1 aliphatic rings. The van der Waals surface area contributed by atoms with Gasteiger partial charge in [0, 0.05) is 5.70 Å². The summed E-state index contributed by atoms with van der Waals surface area (Å²) in [6.07, 6.45) is 2.05. The molecule has 1 aliphatic carbocycles. The fraction of sp³-hybridized carbons (Fsp3) is 0.556. The van der Waals surface area contributed by atoms with Gasteiger partial charge in [-0.2, -0.15) is 13.2 Å². The van der Waals surface area contributed by atoms with Crippen LogP contribution in [0, 0.1) is 5.92 Å². The van der Waals surface area contributed by atoms with Gasteiger partial charge in [-0.25, -0.2) is 0 Å². The van der Waals surface area contributed by atoms with Gasteiger partial charge in [0.05, 0.1) is 0 Å². The third-order valence-corrected chi connectivity index (χ3v) is 1.81. The second-order valence-corrected chi connectivity index (χ2v) is 3.20. The smallest absolute Gasteiger partial charge is 0.377 e. The van der Waals surface area contributed by atoms with E-state index in [0.29, 0.717) is 11.6 Å². The van der Waals surface area contributed by atoms with Gasteiger partial charge in [0.2, 0.25) is 0 Å². The molecule has 0 aromatic rings. The van der Waals surface area contributed by atoms with Crippen LogP contribution in [0.15, 0.2) is 23.9 Å². The predicted octanol–water partition coefficient (Wildman–Crippen LogP) is 2.62. The summed E-state index contributed by atoms with van der Waals surface area (Å²) in [6.45, 7) is 1.06. The molecule has 0 amide bonds. The van der Waals surface area contributed by atoms with Crippen LogP contribution in [0.3, 0.4) is 0 Å². The summed E-state index contributed by atoms with van der Waals surface area (Å²) in [7, 11) is 0. The zero-order chi connectivity index (χ0) is 9.90. The van der Waals surface area contributed by atoms with Crippen LogP contribution >= 0.6 is 0 Å². The fourth-order valence-corrected chi connectivity index (χ4v) is 1.06. The van der Waals surface area contributed by atoms with E-state index in [9.17, 15) is 13.2 Å². The number of hydrogen-bond acceptors (Lipinski definition) is 1. The summed E-state index contributed by atoms with van der Waals surface area (Å²) in [5, 5.41) is 2.33. The van der Waals surface area contributed by atoms with Gasteiger partial charge in [0.15, 0.2) is 0 Å². The maximum absolute atomic E-state index is 11.8. The van der Waals surface area contributed by atoms with Gasteiger partial charge in [-0.1, -0.05) is 19.1 Å². The summed E-state index contributed by atoms with van der Waals surface area (Å²) in [4.78, 5) is 0. The van der Waals surface area contributed by atoms with E-state index >= 15 is 0 Å². The van der Waals surface area contributed by atoms with Crippen LogP contribution in [0.5, 0.6) is 0 Å². The molecule has 74 valence electrons. The molecule has 13 heavy (non-hydrogen) atoms. The molecule has 1 nitrogen and oxygen atoms in total. The van der Waals surface area contributed by atoms with Gasteiger partial charge < -0.3 is 5.32 Å². The molecule has 0 saturated carbocycles. The van der Waals surface area contributed by atoms with Crippen LogP contribution < -0.4 is 5.32 Å². The summed E-state index contributed by atoms with van der Waals surface area (Å²) in [5.41, 5.74) is 0.565. The molecule has 0 aliphatic heterocycles. The number of hydrogen-bond donors (Lipinski definition) is 1. The molecule has 0 fully saturated rings. The lowest BCUT2D eigenvalue weighted by atomic mass is 10.0. The molecule has 0 spiro atoms. The van der Waals surface area contributed by atoms with Gasteiger partial charge >= 0.3 is 6.18 Å². The first-order chi connectivity index (χ1) is 5.97. The average molecular weight is 191 g/mol. The first kappa shape index (κ1) is 10.2. The summed E-state index contributed by atoms with van der Waals surface area (Å²) in [5.74, 6) is 0.427. The van der Waals surface area contributed by atoms with E-state index in [1.165, 1.54) is 0 Å². The van der Waals surface area contributed by atoms with Crippen LogP contribution in [-0.4, -0.2) is 12.7 Å². The molecule has 1 unspecified atom stereocenters.